The van der Waals surface area contributed by atoms with Crippen LogP contribution in [0.3, 0.4) is 0 Å². The molecule has 0 spiro atoms. The molecule has 8 aromatic rings. The van der Waals surface area contributed by atoms with Crippen molar-refractivity contribution in [3.05, 3.63) is 121 Å². The number of fused-ring (bicyclic) bond motifs is 5. The van der Waals surface area contributed by atoms with E-state index in [0.717, 1.165) is 33.2 Å². The van der Waals surface area contributed by atoms with Gasteiger partial charge >= 0.3 is 0 Å². The van der Waals surface area contributed by atoms with Crippen LogP contribution in [0.2, 0.25) is 0 Å². The van der Waals surface area contributed by atoms with Crippen molar-refractivity contribution in [2.45, 2.75) is 0 Å². The Balaban J connectivity index is 1.46. The average molecular weight is 475 g/mol. The Kier molecular flexibility index (Phi) is 3.47. The Labute approximate surface area is 211 Å². The van der Waals surface area contributed by atoms with Gasteiger partial charge in [0.05, 0.1) is 33.8 Å². The SMILES string of the molecule is Fc1cc2ccc3ccc(N4c5ccccc5-n5c6ccccc6c6cccc4c65)c4ccc(c1)c2c34. The van der Waals surface area contributed by atoms with E-state index in [2.05, 4.69) is 107 Å². The van der Waals surface area contributed by atoms with Gasteiger partial charge in [-0.1, -0.05) is 72.8 Å². The Bertz CT molecular complexity index is 2200. The largest absolute Gasteiger partial charge is 0.306 e. The molecule has 0 N–H and O–H groups in total. The van der Waals surface area contributed by atoms with Gasteiger partial charge in [-0.2, -0.15) is 0 Å². The molecule has 37 heavy (non-hydrogen) atoms. The van der Waals surface area contributed by atoms with Gasteiger partial charge in [0.1, 0.15) is 5.82 Å². The topological polar surface area (TPSA) is 8.17 Å². The predicted molar refractivity (Wildman–Crippen MR) is 153 cm³/mol. The van der Waals surface area contributed by atoms with E-state index in [-0.39, 0.29) is 5.82 Å². The number of anilines is 3. The van der Waals surface area contributed by atoms with Gasteiger partial charge in [0.2, 0.25) is 0 Å². The number of hydrogen-bond acceptors (Lipinski definition) is 1. The van der Waals surface area contributed by atoms with E-state index in [1.807, 2.05) is 6.07 Å². The summed E-state index contributed by atoms with van der Waals surface area (Å²) in [5.74, 6) is -0.199. The summed E-state index contributed by atoms with van der Waals surface area (Å²) in [6.45, 7) is 0. The molecule has 0 aliphatic carbocycles. The van der Waals surface area contributed by atoms with Crippen molar-refractivity contribution in [2.75, 3.05) is 4.90 Å². The monoisotopic (exact) mass is 474 g/mol. The maximum absolute atomic E-state index is 14.4. The molecule has 0 atom stereocenters. The number of hydrogen-bond donors (Lipinski definition) is 0. The fourth-order valence-corrected chi connectivity index (χ4v) is 6.62. The zero-order chi connectivity index (χ0) is 24.2. The predicted octanol–water partition coefficient (Wildman–Crippen LogP) is 9.60. The van der Waals surface area contributed by atoms with Gasteiger partial charge < -0.3 is 9.47 Å². The third-order valence-electron chi connectivity index (χ3n) is 8.06. The van der Waals surface area contributed by atoms with Crippen molar-refractivity contribution in [3.8, 4) is 5.69 Å². The van der Waals surface area contributed by atoms with Crippen LogP contribution < -0.4 is 4.90 Å². The highest BCUT2D eigenvalue weighted by atomic mass is 19.1. The van der Waals surface area contributed by atoms with E-state index < -0.39 is 0 Å². The number of para-hydroxylation sites is 4. The van der Waals surface area contributed by atoms with E-state index in [9.17, 15) is 4.39 Å². The molecular formula is C34H19FN2. The second kappa shape index (κ2) is 6.65. The van der Waals surface area contributed by atoms with Gasteiger partial charge in [-0.25, -0.2) is 4.39 Å². The van der Waals surface area contributed by atoms with E-state index in [1.54, 1.807) is 12.1 Å². The first-order valence-electron chi connectivity index (χ1n) is 12.6. The van der Waals surface area contributed by atoms with Gasteiger partial charge in [-0.15, -0.1) is 0 Å². The minimum Gasteiger partial charge on any atom is -0.306 e. The summed E-state index contributed by atoms with van der Waals surface area (Å²) >= 11 is 0. The maximum Gasteiger partial charge on any atom is 0.124 e. The van der Waals surface area contributed by atoms with Crippen molar-refractivity contribution in [1.82, 2.24) is 4.57 Å². The zero-order valence-electron chi connectivity index (χ0n) is 19.7. The van der Waals surface area contributed by atoms with Gasteiger partial charge in [0.15, 0.2) is 0 Å². The first-order valence-corrected chi connectivity index (χ1v) is 12.6. The first kappa shape index (κ1) is 19.3. The number of aromatic nitrogens is 1. The van der Waals surface area contributed by atoms with Gasteiger partial charge in [0, 0.05) is 16.2 Å². The van der Waals surface area contributed by atoms with E-state index in [0.29, 0.717) is 0 Å². The molecule has 0 unspecified atom stereocenters. The number of rotatable bonds is 1. The molecule has 0 saturated heterocycles. The molecule has 7 aromatic carbocycles. The molecule has 0 saturated carbocycles. The quantitative estimate of drug-likeness (QED) is 0.215. The van der Waals surface area contributed by atoms with Crippen LogP contribution in [0, 0.1) is 5.82 Å². The van der Waals surface area contributed by atoms with Crippen molar-refractivity contribution in [3.63, 3.8) is 0 Å². The van der Waals surface area contributed by atoms with E-state index in [1.165, 1.54) is 43.7 Å². The lowest BCUT2D eigenvalue weighted by Crippen LogP contribution is -2.18. The lowest BCUT2D eigenvalue weighted by atomic mass is 9.92. The Morgan fingerprint density at radius 3 is 2.03 bits per heavy atom. The lowest BCUT2D eigenvalue weighted by Gasteiger charge is -2.34. The summed E-state index contributed by atoms with van der Waals surface area (Å²) in [4.78, 5) is 2.41. The van der Waals surface area contributed by atoms with Crippen LogP contribution in [-0.4, -0.2) is 4.57 Å². The molecule has 1 aliphatic rings. The molecule has 1 aliphatic heterocycles. The van der Waals surface area contributed by atoms with Gasteiger partial charge in [-0.05, 0) is 69.4 Å². The second-order valence-corrected chi connectivity index (χ2v) is 9.94. The number of nitrogens with zero attached hydrogens (tertiary/aromatic N) is 2. The second-order valence-electron chi connectivity index (χ2n) is 9.94. The summed E-state index contributed by atoms with van der Waals surface area (Å²) in [5.41, 5.74) is 7.03. The first-order chi connectivity index (χ1) is 18.3. The van der Waals surface area contributed by atoms with Gasteiger partial charge in [-0.3, -0.25) is 0 Å². The number of halogens is 1. The lowest BCUT2D eigenvalue weighted by molar-refractivity contribution is 0.631. The minimum absolute atomic E-state index is 0.199. The standard InChI is InChI=1S/C34H19FN2/c35-23-18-21-13-12-20-15-17-28(26-16-14-22(19-23)32(21)33(20)26)36-29-9-3-4-10-30(29)37-27-8-2-1-6-24(27)25-7-5-11-31(36)34(25)37/h1-19H. The third kappa shape index (κ3) is 2.34. The maximum atomic E-state index is 14.4. The van der Waals surface area contributed by atoms with Crippen LogP contribution in [-0.2, 0) is 0 Å². The van der Waals surface area contributed by atoms with Crippen LogP contribution in [0.5, 0.6) is 0 Å². The fraction of sp³-hybridized carbons (Fsp3) is 0. The van der Waals surface area contributed by atoms with Crippen molar-refractivity contribution in [2.24, 2.45) is 0 Å². The van der Waals surface area contributed by atoms with Crippen molar-refractivity contribution >= 4 is 71.2 Å². The molecule has 3 heteroatoms. The van der Waals surface area contributed by atoms with Crippen molar-refractivity contribution < 1.29 is 4.39 Å². The summed E-state index contributed by atoms with van der Waals surface area (Å²) in [5, 5.41) is 9.02. The minimum atomic E-state index is -0.199. The molecule has 0 radical (unpaired) electrons. The summed E-state index contributed by atoms with van der Waals surface area (Å²) in [7, 11) is 0. The molecule has 0 amide bonds. The highest BCUT2D eigenvalue weighted by Gasteiger charge is 2.29. The highest BCUT2D eigenvalue weighted by Crippen LogP contribution is 2.51. The number of benzene rings is 7. The average Bonchev–Trinajstić information content (AvgIpc) is 3.28. The third-order valence-corrected chi connectivity index (χ3v) is 8.06. The molecule has 1 aromatic heterocycles. The smallest absolute Gasteiger partial charge is 0.124 e. The van der Waals surface area contributed by atoms with Crippen LogP contribution >= 0.6 is 0 Å². The molecule has 2 heterocycles. The van der Waals surface area contributed by atoms with Crippen LogP contribution in [0.25, 0.3) is 59.8 Å². The molecule has 0 bridgehead atoms. The molecule has 0 fully saturated rings. The van der Waals surface area contributed by atoms with Gasteiger partial charge in [0.25, 0.3) is 0 Å². The Hall–Kier alpha value is -4.89. The Morgan fingerprint density at radius 2 is 1.14 bits per heavy atom. The fourth-order valence-electron chi connectivity index (χ4n) is 6.62. The van der Waals surface area contributed by atoms with Crippen molar-refractivity contribution in [1.29, 1.82) is 0 Å². The van der Waals surface area contributed by atoms with E-state index in [4.69, 9.17) is 0 Å². The zero-order valence-corrected chi connectivity index (χ0v) is 19.7. The Morgan fingerprint density at radius 1 is 0.459 bits per heavy atom. The molecular weight excluding hydrogens is 455 g/mol. The molecule has 9 rings (SSSR count). The summed E-state index contributed by atoms with van der Waals surface area (Å²) < 4.78 is 16.8. The molecule has 2 nitrogen and oxygen atoms in total. The summed E-state index contributed by atoms with van der Waals surface area (Å²) in [6, 6.07) is 40.0. The van der Waals surface area contributed by atoms with E-state index >= 15 is 0 Å². The van der Waals surface area contributed by atoms with Crippen LogP contribution in [0.1, 0.15) is 0 Å². The summed E-state index contributed by atoms with van der Waals surface area (Å²) in [6.07, 6.45) is 0. The molecule has 172 valence electrons. The van der Waals surface area contributed by atoms with Crippen LogP contribution in [0.4, 0.5) is 21.5 Å². The van der Waals surface area contributed by atoms with Crippen LogP contribution in [0.15, 0.2) is 115 Å². The highest BCUT2D eigenvalue weighted by molar-refractivity contribution is 6.26. The normalized spacial score (nSPS) is 12.9.